The Morgan fingerprint density at radius 3 is 0.621 bits per heavy atom. The van der Waals surface area contributed by atoms with E-state index in [4.69, 9.17) is 10.2 Å². The van der Waals surface area contributed by atoms with Crippen LogP contribution in [0.25, 0.3) is 0 Å². The number of hydrogen-bond acceptors (Lipinski definition) is 2. The maximum atomic E-state index is 13.0. The van der Waals surface area contributed by atoms with Gasteiger partial charge in [-0.3, -0.25) is 0 Å². The van der Waals surface area contributed by atoms with Crippen LogP contribution in [0.2, 0.25) is 0 Å². The third kappa shape index (κ3) is 3.25. The fourth-order valence-electron chi connectivity index (χ4n) is 1.36. The normalized spacial score (nSPS) is 17.0. The molecule has 0 spiro atoms. The van der Waals surface area contributed by atoms with E-state index in [2.05, 4.69) is 0 Å². The summed E-state index contributed by atoms with van der Waals surface area (Å²) < 4.78 is 227. The minimum atomic E-state index is -8.91. The van der Waals surface area contributed by atoms with Crippen molar-refractivity contribution in [1.29, 1.82) is 0 Å². The molecule has 0 aromatic carbocycles. The van der Waals surface area contributed by atoms with Crippen LogP contribution in [0.5, 0.6) is 0 Å². The molecule has 0 amide bonds. The van der Waals surface area contributed by atoms with Gasteiger partial charge in [0, 0.05) is 0 Å². The third-order valence-corrected chi connectivity index (χ3v) is 3.12. The first-order valence-electron chi connectivity index (χ1n) is 5.85. The summed E-state index contributed by atoms with van der Waals surface area (Å²) in [5.74, 6) is -60.0. The Morgan fingerprint density at radius 2 is 0.448 bits per heavy atom. The van der Waals surface area contributed by atoms with Crippen molar-refractivity contribution < 1.29 is 89.2 Å². The van der Waals surface area contributed by atoms with Gasteiger partial charge in [0.15, 0.2) is 0 Å². The van der Waals surface area contributed by atoms with Gasteiger partial charge >= 0.3 is 53.7 Å². The number of aliphatic hydroxyl groups is 2. The molecule has 0 aromatic heterocycles. The Bertz CT molecular complexity index is 558. The van der Waals surface area contributed by atoms with Crippen LogP contribution in [0.3, 0.4) is 0 Å². The number of alkyl halides is 18. The van der Waals surface area contributed by atoms with Crippen molar-refractivity contribution in [3.63, 3.8) is 0 Å². The highest BCUT2D eigenvalue weighted by atomic mass is 19.4. The Hall–Kier alpha value is -1.34. The molecule has 0 heterocycles. The zero-order valence-electron chi connectivity index (χ0n) is 12.2. The molecule has 0 unspecified atom stereocenters. The molecule has 20 heteroatoms. The van der Waals surface area contributed by atoms with E-state index >= 15 is 0 Å². The lowest BCUT2D eigenvalue weighted by atomic mass is 9.88. The Balaban J connectivity index is 6.82. The SMILES string of the molecule is OC(O)(F)C(F)(F)C(F)(F)C(F)(F)C(F)(F)C(F)(F)C(F)(F)C(F)(F)C(F)(F)F. The molecule has 0 saturated heterocycles. The molecule has 0 aliphatic carbocycles. The smallest absolute Gasteiger partial charge is 0.335 e. The highest BCUT2D eigenvalue weighted by Gasteiger charge is 2.96. The van der Waals surface area contributed by atoms with Gasteiger partial charge in [0.25, 0.3) is 0 Å². The maximum absolute atomic E-state index is 13.0. The largest absolute Gasteiger partial charge is 0.460 e. The Kier molecular flexibility index (Phi) is 6.04. The second kappa shape index (κ2) is 6.33. The van der Waals surface area contributed by atoms with Crippen LogP contribution in [0.4, 0.5) is 79.0 Å². The summed E-state index contributed by atoms with van der Waals surface area (Å²) in [7, 11) is 0. The van der Waals surface area contributed by atoms with Gasteiger partial charge in [-0.2, -0.15) is 79.0 Å². The topological polar surface area (TPSA) is 40.5 Å². The zero-order valence-corrected chi connectivity index (χ0v) is 12.2. The summed E-state index contributed by atoms with van der Waals surface area (Å²) in [6.07, 6.45) is -7.89. The van der Waals surface area contributed by atoms with Crippen LogP contribution >= 0.6 is 0 Å². The van der Waals surface area contributed by atoms with Crippen LogP contribution in [0.15, 0.2) is 0 Å². The average molecular weight is 484 g/mol. The lowest BCUT2D eigenvalue weighted by molar-refractivity contribution is -0.486. The van der Waals surface area contributed by atoms with Crippen LogP contribution in [0.1, 0.15) is 0 Å². The molecule has 29 heavy (non-hydrogen) atoms. The third-order valence-electron chi connectivity index (χ3n) is 3.12. The molecule has 0 fully saturated rings. The van der Waals surface area contributed by atoms with Gasteiger partial charge < -0.3 is 10.2 Å². The summed E-state index contributed by atoms with van der Waals surface area (Å²) >= 11 is 0. The molecule has 2 nitrogen and oxygen atoms in total. The lowest BCUT2D eigenvalue weighted by Gasteiger charge is -2.43. The Labute approximate surface area is 144 Å². The molecular formula is C9H2F18O2. The molecule has 0 saturated carbocycles. The van der Waals surface area contributed by atoms with Crippen molar-refractivity contribution in [3.05, 3.63) is 0 Å². The first-order valence-corrected chi connectivity index (χ1v) is 5.85. The number of rotatable bonds is 7. The van der Waals surface area contributed by atoms with Gasteiger partial charge in [0.2, 0.25) is 0 Å². The monoisotopic (exact) mass is 484 g/mol. The summed E-state index contributed by atoms with van der Waals surface area (Å²) in [5.41, 5.74) is 0. The standard InChI is InChI=1S/C9H2F18O2/c10-1(11,2(12,13)4(16,17)6(20,21)8(24,25)26)3(14,15)5(18,19)7(22,23)9(27,28)29/h28-29H. The minimum Gasteiger partial charge on any atom is -0.335 e. The Morgan fingerprint density at radius 1 is 0.276 bits per heavy atom. The van der Waals surface area contributed by atoms with Crippen molar-refractivity contribution >= 4 is 0 Å². The molecular weight excluding hydrogens is 482 g/mol. The quantitative estimate of drug-likeness (QED) is 0.410. The van der Waals surface area contributed by atoms with E-state index in [1.54, 1.807) is 0 Å². The second-order valence-electron chi connectivity index (χ2n) is 5.11. The van der Waals surface area contributed by atoms with Crippen LogP contribution in [-0.4, -0.2) is 63.9 Å². The predicted molar refractivity (Wildman–Crippen MR) is 49.0 cm³/mol. The fourth-order valence-corrected chi connectivity index (χ4v) is 1.36. The van der Waals surface area contributed by atoms with Crippen LogP contribution in [-0.2, 0) is 0 Å². The molecule has 2 N–H and O–H groups in total. The highest BCUT2D eigenvalue weighted by molar-refractivity contribution is 5.15. The molecule has 0 bridgehead atoms. The van der Waals surface area contributed by atoms with Gasteiger partial charge in [-0.05, 0) is 0 Å². The summed E-state index contributed by atoms with van der Waals surface area (Å²) in [5, 5.41) is 15.2. The number of hydrogen-bond donors (Lipinski definition) is 2. The summed E-state index contributed by atoms with van der Waals surface area (Å²) in [6, 6.07) is -6.93. The predicted octanol–water partition coefficient (Wildman–Crippen LogP) is 4.60. The van der Waals surface area contributed by atoms with Gasteiger partial charge in [0.1, 0.15) is 0 Å². The molecule has 0 aliphatic rings. The van der Waals surface area contributed by atoms with Crippen molar-refractivity contribution in [2.75, 3.05) is 0 Å². The van der Waals surface area contributed by atoms with Gasteiger partial charge in [-0.25, -0.2) is 0 Å². The van der Waals surface area contributed by atoms with Crippen molar-refractivity contribution in [1.82, 2.24) is 0 Å². The van der Waals surface area contributed by atoms with Gasteiger partial charge in [0.05, 0.1) is 0 Å². The highest BCUT2D eigenvalue weighted by Crippen LogP contribution is 2.64. The molecule has 176 valence electrons. The van der Waals surface area contributed by atoms with E-state index in [9.17, 15) is 79.0 Å². The summed E-state index contributed by atoms with van der Waals surface area (Å²) in [4.78, 5) is 0. The first kappa shape index (κ1) is 27.7. The lowest BCUT2D eigenvalue weighted by Crippen LogP contribution is -2.76. The van der Waals surface area contributed by atoms with E-state index in [-0.39, 0.29) is 0 Å². The van der Waals surface area contributed by atoms with E-state index < -0.39 is 53.7 Å². The molecule has 0 radical (unpaired) electrons. The molecule has 0 aromatic rings. The molecule has 0 aliphatic heterocycles. The van der Waals surface area contributed by atoms with E-state index in [1.807, 2.05) is 0 Å². The van der Waals surface area contributed by atoms with Gasteiger partial charge in [-0.1, -0.05) is 0 Å². The second-order valence-corrected chi connectivity index (χ2v) is 5.11. The van der Waals surface area contributed by atoms with E-state index in [0.717, 1.165) is 0 Å². The summed E-state index contributed by atoms with van der Waals surface area (Å²) in [6.45, 7) is 0. The van der Waals surface area contributed by atoms with E-state index in [0.29, 0.717) is 0 Å². The van der Waals surface area contributed by atoms with E-state index in [1.165, 1.54) is 0 Å². The maximum Gasteiger partial charge on any atom is 0.460 e. The van der Waals surface area contributed by atoms with Gasteiger partial charge in [-0.15, -0.1) is 0 Å². The van der Waals surface area contributed by atoms with Crippen LogP contribution < -0.4 is 0 Å². The fraction of sp³-hybridized carbons (Fsp3) is 1.00. The molecule has 0 rings (SSSR count). The minimum absolute atomic E-state index is 6.93. The van der Waals surface area contributed by atoms with Crippen molar-refractivity contribution in [2.24, 2.45) is 0 Å². The number of halogens is 18. The van der Waals surface area contributed by atoms with Crippen LogP contribution in [0, 0.1) is 0 Å². The average Bonchev–Trinajstić information content (AvgIpc) is 2.43. The zero-order chi connectivity index (χ0) is 24.5. The molecule has 0 atom stereocenters. The van der Waals surface area contributed by atoms with Crippen molar-refractivity contribution in [2.45, 2.75) is 53.7 Å². The van der Waals surface area contributed by atoms with Crippen molar-refractivity contribution in [3.8, 4) is 0 Å². The first-order chi connectivity index (χ1) is 12.0.